The van der Waals surface area contributed by atoms with E-state index in [4.69, 9.17) is 9.47 Å². The number of nitrogens with one attached hydrogen (secondary N) is 1. The molecule has 0 radical (unpaired) electrons. The van der Waals surface area contributed by atoms with E-state index in [1.165, 1.54) is 44.5 Å². The van der Waals surface area contributed by atoms with Crippen LogP contribution < -0.4 is 14.8 Å². The Balaban J connectivity index is 1.38. The second kappa shape index (κ2) is 7.37. The number of anilines is 1. The van der Waals surface area contributed by atoms with Gasteiger partial charge in [0.2, 0.25) is 0 Å². The Bertz CT molecular complexity index is 1720. The summed E-state index contributed by atoms with van der Waals surface area (Å²) >= 11 is 0. The molecule has 0 saturated carbocycles. The van der Waals surface area contributed by atoms with Crippen LogP contribution >= 0.6 is 0 Å². The minimum Gasteiger partial charge on any atom is -0.449 e. The van der Waals surface area contributed by atoms with Gasteiger partial charge in [-0.25, -0.2) is 0 Å². The molecule has 8 rings (SSSR count). The lowest BCUT2D eigenvalue weighted by Crippen LogP contribution is -2.25. The molecule has 0 fully saturated rings. The molecule has 0 bridgehead atoms. The van der Waals surface area contributed by atoms with Gasteiger partial charge in [0.05, 0.1) is 5.41 Å². The third-order valence-corrected chi connectivity index (χ3v) is 7.90. The highest BCUT2D eigenvalue weighted by atomic mass is 16.6. The standard InChI is InChI=1S/C34H23NO2/c1-2-17-35-21-15-16-30-31(18-21)37-33-20-29-25(19-32(33)36-30)24-11-5-8-14-28(24)34(29)26-12-6-3-9-22(26)23-10-4-7-13-27(23)34/h2-16,18-20,35H,1,17H2. The summed E-state index contributed by atoms with van der Waals surface area (Å²) in [6.07, 6.45) is 1.84. The van der Waals surface area contributed by atoms with Gasteiger partial charge in [0.15, 0.2) is 23.0 Å². The zero-order valence-corrected chi connectivity index (χ0v) is 20.1. The van der Waals surface area contributed by atoms with Gasteiger partial charge in [0, 0.05) is 18.3 Å². The van der Waals surface area contributed by atoms with Crippen molar-refractivity contribution in [1.29, 1.82) is 0 Å². The average molecular weight is 478 g/mol. The maximum Gasteiger partial charge on any atom is 0.172 e. The summed E-state index contributed by atoms with van der Waals surface area (Å²) in [5, 5.41) is 3.33. The predicted octanol–water partition coefficient (Wildman–Crippen LogP) is 8.53. The van der Waals surface area contributed by atoms with Crippen LogP contribution in [0, 0.1) is 0 Å². The lowest BCUT2D eigenvalue weighted by molar-refractivity contribution is 0.359. The normalized spacial score (nSPS) is 14.3. The van der Waals surface area contributed by atoms with Gasteiger partial charge in [-0.05, 0) is 68.8 Å². The topological polar surface area (TPSA) is 30.5 Å². The van der Waals surface area contributed by atoms with Crippen LogP contribution in [0.3, 0.4) is 0 Å². The highest BCUT2D eigenvalue weighted by Crippen LogP contribution is 2.64. The Hall–Kier alpha value is -4.76. The van der Waals surface area contributed by atoms with Crippen molar-refractivity contribution in [2.24, 2.45) is 0 Å². The summed E-state index contributed by atoms with van der Waals surface area (Å²) in [6, 6.07) is 36.7. The van der Waals surface area contributed by atoms with Gasteiger partial charge in [-0.15, -0.1) is 6.58 Å². The minimum atomic E-state index is -0.398. The van der Waals surface area contributed by atoms with E-state index in [1.807, 2.05) is 24.3 Å². The quantitative estimate of drug-likeness (QED) is 0.259. The van der Waals surface area contributed by atoms with Crippen molar-refractivity contribution in [3.63, 3.8) is 0 Å². The van der Waals surface area contributed by atoms with E-state index in [0.717, 1.165) is 17.2 Å². The van der Waals surface area contributed by atoms with Gasteiger partial charge >= 0.3 is 0 Å². The molecule has 1 aliphatic heterocycles. The molecule has 2 aliphatic carbocycles. The molecule has 37 heavy (non-hydrogen) atoms. The van der Waals surface area contributed by atoms with Crippen LogP contribution in [0.15, 0.2) is 116 Å². The minimum absolute atomic E-state index is 0.398. The fraction of sp³-hybridized carbons (Fsp3) is 0.0588. The van der Waals surface area contributed by atoms with Crippen LogP contribution in [0.4, 0.5) is 5.69 Å². The lowest BCUT2D eigenvalue weighted by Gasteiger charge is -2.31. The highest BCUT2D eigenvalue weighted by Gasteiger charge is 2.52. The van der Waals surface area contributed by atoms with Gasteiger partial charge in [0.25, 0.3) is 0 Å². The van der Waals surface area contributed by atoms with Crippen LogP contribution in [-0.2, 0) is 5.41 Å². The summed E-state index contributed by atoms with van der Waals surface area (Å²) in [5.74, 6) is 2.90. The molecular weight excluding hydrogens is 454 g/mol. The van der Waals surface area contributed by atoms with Crippen LogP contribution in [-0.4, -0.2) is 6.54 Å². The summed E-state index contributed by atoms with van der Waals surface area (Å²) in [5.41, 5.74) is 10.8. The monoisotopic (exact) mass is 477 g/mol. The van der Waals surface area contributed by atoms with Crippen molar-refractivity contribution in [2.45, 2.75) is 5.41 Å². The number of ether oxygens (including phenoxy) is 2. The molecule has 0 unspecified atom stereocenters. The Labute approximate surface area is 215 Å². The molecule has 0 amide bonds. The Morgan fingerprint density at radius 2 is 1.11 bits per heavy atom. The maximum atomic E-state index is 6.51. The van der Waals surface area contributed by atoms with Crippen molar-refractivity contribution < 1.29 is 9.47 Å². The zero-order chi connectivity index (χ0) is 24.6. The summed E-state index contributed by atoms with van der Waals surface area (Å²) < 4.78 is 12.9. The molecule has 3 heteroatoms. The maximum absolute atomic E-state index is 6.51. The van der Waals surface area contributed by atoms with Gasteiger partial charge in [0.1, 0.15) is 0 Å². The molecule has 0 aromatic heterocycles. The van der Waals surface area contributed by atoms with E-state index < -0.39 is 5.41 Å². The Morgan fingerprint density at radius 1 is 0.568 bits per heavy atom. The van der Waals surface area contributed by atoms with Crippen LogP contribution in [0.2, 0.25) is 0 Å². The first kappa shape index (κ1) is 20.4. The van der Waals surface area contributed by atoms with Crippen LogP contribution in [0.1, 0.15) is 22.3 Å². The van der Waals surface area contributed by atoms with E-state index >= 15 is 0 Å². The van der Waals surface area contributed by atoms with Crippen LogP contribution in [0.25, 0.3) is 22.3 Å². The van der Waals surface area contributed by atoms with Gasteiger partial charge in [-0.2, -0.15) is 0 Å². The molecule has 0 saturated heterocycles. The number of hydrogen-bond acceptors (Lipinski definition) is 3. The molecule has 1 N–H and O–H groups in total. The third kappa shape index (κ3) is 2.61. The molecule has 1 spiro atoms. The van der Waals surface area contributed by atoms with Gasteiger partial charge in [-0.1, -0.05) is 78.9 Å². The van der Waals surface area contributed by atoms with Crippen LogP contribution in [0.5, 0.6) is 23.0 Å². The van der Waals surface area contributed by atoms with Crippen molar-refractivity contribution >= 4 is 5.69 Å². The zero-order valence-electron chi connectivity index (χ0n) is 20.1. The fourth-order valence-corrected chi connectivity index (χ4v) is 6.47. The molecule has 3 aliphatic rings. The van der Waals surface area contributed by atoms with E-state index in [0.29, 0.717) is 18.0 Å². The van der Waals surface area contributed by atoms with Crippen molar-refractivity contribution in [3.05, 3.63) is 138 Å². The smallest absolute Gasteiger partial charge is 0.172 e. The van der Waals surface area contributed by atoms with Crippen molar-refractivity contribution in [2.75, 3.05) is 11.9 Å². The second-order valence-corrected chi connectivity index (χ2v) is 9.77. The molecule has 176 valence electrons. The average Bonchev–Trinajstić information content (AvgIpc) is 3.41. The lowest BCUT2D eigenvalue weighted by atomic mass is 9.70. The summed E-state index contributed by atoms with van der Waals surface area (Å²) in [6.45, 7) is 4.48. The SMILES string of the molecule is C=CCNc1ccc2c(c1)Oc1cc3c(cc1O2)-c1ccccc1C31c2ccccc2-c2ccccc21. The predicted molar refractivity (Wildman–Crippen MR) is 148 cm³/mol. The van der Waals surface area contributed by atoms with Crippen molar-refractivity contribution in [3.8, 4) is 45.3 Å². The largest absolute Gasteiger partial charge is 0.449 e. The summed E-state index contributed by atoms with van der Waals surface area (Å²) in [7, 11) is 0. The number of hydrogen-bond donors (Lipinski definition) is 1. The molecular formula is C34H23NO2. The molecule has 5 aromatic carbocycles. The van der Waals surface area contributed by atoms with E-state index in [-0.39, 0.29) is 0 Å². The first-order valence-corrected chi connectivity index (χ1v) is 12.6. The third-order valence-electron chi connectivity index (χ3n) is 7.90. The first-order chi connectivity index (χ1) is 18.3. The van der Waals surface area contributed by atoms with E-state index in [2.05, 4.69) is 96.8 Å². The first-order valence-electron chi connectivity index (χ1n) is 12.6. The van der Waals surface area contributed by atoms with E-state index in [1.54, 1.807) is 0 Å². The number of rotatable bonds is 3. The molecule has 1 heterocycles. The number of fused-ring (bicyclic) bond motifs is 12. The molecule has 5 aromatic rings. The van der Waals surface area contributed by atoms with Crippen molar-refractivity contribution in [1.82, 2.24) is 0 Å². The van der Waals surface area contributed by atoms with E-state index in [9.17, 15) is 0 Å². The van der Waals surface area contributed by atoms with Gasteiger partial charge < -0.3 is 14.8 Å². The number of benzene rings is 5. The second-order valence-electron chi connectivity index (χ2n) is 9.77. The molecule has 3 nitrogen and oxygen atoms in total. The fourth-order valence-electron chi connectivity index (χ4n) is 6.47. The molecule has 0 atom stereocenters. The highest BCUT2D eigenvalue weighted by molar-refractivity contribution is 5.95. The Morgan fingerprint density at radius 3 is 1.76 bits per heavy atom. The summed E-state index contributed by atoms with van der Waals surface area (Å²) in [4.78, 5) is 0. The Kier molecular flexibility index (Phi) is 4.07. The van der Waals surface area contributed by atoms with Gasteiger partial charge in [-0.3, -0.25) is 0 Å².